The largest absolute Gasteiger partial charge is 0.486 e. The molecule has 0 aliphatic carbocycles. The predicted octanol–water partition coefficient (Wildman–Crippen LogP) is 5.41. The summed E-state index contributed by atoms with van der Waals surface area (Å²) in [6.45, 7) is 2.46. The number of ketones is 1. The van der Waals surface area contributed by atoms with Crippen LogP contribution in [0.25, 0.3) is 0 Å². The molecule has 1 atom stereocenters. The smallest absolute Gasteiger partial charge is 0.317 e. The Morgan fingerprint density at radius 3 is 2.34 bits per heavy atom. The Morgan fingerprint density at radius 1 is 1.00 bits per heavy atom. The van der Waals surface area contributed by atoms with Crippen LogP contribution in [-0.2, 0) is 4.79 Å². The number of carboxylic acids is 1. The Morgan fingerprint density at radius 2 is 1.69 bits per heavy atom. The lowest BCUT2D eigenvalue weighted by Crippen LogP contribution is -2.28. The molecule has 3 aromatic rings. The van der Waals surface area contributed by atoms with Gasteiger partial charge in [0.25, 0.3) is 0 Å². The zero-order valence-electron chi connectivity index (χ0n) is 18.1. The third-order valence-corrected chi connectivity index (χ3v) is 5.36. The highest BCUT2D eigenvalue weighted by molar-refractivity contribution is 6.30. The fourth-order valence-electron chi connectivity index (χ4n) is 3.37. The summed E-state index contributed by atoms with van der Waals surface area (Å²) in [5, 5.41) is 9.63. The lowest BCUT2D eigenvalue weighted by molar-refractivity contribution is -0.138. The van der Waals surface area contributed by atoms with E-state index in [0.717, 1.165) is 11.1 Å². The summed E-state index contributed by atoms with van der Waals surface area (Å²) >= 11 is 6.03. The van der Waals surface area contributed by atoms with Gasteiger partial charge < -0.3 is 9.84 Å². The van der Waals surface area contributed by atoms with Crippen LogP contribution < -0.4 is 4.74 Å². The number of benzene rings is 3. The van der Waals surface area contributed by atoms with Gasteiger partial charge in [-0.2, -0.15) is 0 Å². The van der Waals surface area contributed by atoms with E-state index in [1.54, 1.807) is 42.3 Å². The molecule has 0 radical (unpaired) electrons. The first-order chi connectivity index (χ1) is 15.3. The van der Waals surface area contributed by atoms with Crippen LogP contribution in [0.4, 0.5) is 0 Å². The maximum atomic E-state index is 12.9. The molecule has 32 heavy (non-hydrogen) atoms. The molecule has 3 rings (SSSR count). The van der Waals surface area contributed by atoms with Crippen molar-refractivity contribution in [3.05, 3.63) is 100 Å². The number of ether oxygens (including phenoxy) is 1. The topological polar surface area (TPSA) is 66.8 Å². The molecule has 0 amide bonds. The molecule has 0 saturated heterocycles. The summed E-state index contributed by atoms with van der Waals surface area (Å²) in [6, 6.07) is 22.0. The molecule has 166 valence electrons. The Bertz CT molecular complexity index is 1060. The van der Waals surface area contributed by atoms with Gasteiger partial charge in [-0.25, -0.2) is 0 Å². The number of carbonyl (C=O) groups is 2. The predicted molar refractivity (Wildman–Crippen MR) is 126 cm³/mol. The number of aryl methyl sites for hydroxylation is 1. The van der Waals surface area contributed by atoms with Crippen molar-refractivity contribution in [3.8, 4) is 5.75 Å². The van der Waals surface area contributed by atoms with Gasteiger partial charge in [0, 0.05) is 29.1 Å². The zero-order chi connectivity index (χ0) is 23.1. The van der Waals surface area contributed by atoms with Gasteiger partial charge in [-0.3, -0.25) is 14.5 Å². The average molecular weight is 452 g/mol. The molecule has 0 bridgehead atoms. The van der Waals surface area contributed by atoms with Crippen molar-refractivity contribution in [1.82, 2.24) is 4.90 Å². The summed E-state index contributed by atoms with van der Waals surface area (Å²) < 4.78 is 6.27. The van der Waals surface area contributed by atoms with Gasteiger partial charge in [-0.1, -0.05) is 65.7 Å². The Hall–Kier alpha value is -3.15. The monoisotopic (exact) mass is 451 g/mol. The first-order valence-electron chi connectivity index (χ1n) is 10.4. The molecule has 0 spiro atoms. The highest BCUT2D eigenvalue weighted by Gasteiger charge is 2.17. The van der Waals surface area contributed by atoms with E-state index >= 15 is 0 Å². The van der Waals surface area contributed by atoms with Crippen molar-refractivity contribution < 1.29 is 19.4 Å². The normalized spacial score (nSPS) is 11.9. The molecule has 0 aromatic heterocycles. The van der Waals surface area contributed by atoms with E-state index in [0.29, 0.717) is 34.9 Å². The van der Waals surface area contributed by atoms with Crippen LogP contribution in [0.3, 0.4) is 0 Å². The zero-order valence-corrected chi connectivity index (χ0v) is 18.9. The standard InChI is InChI=1S/C26H26ClNO4/c1-18-6-8-20(9-7-18)26(31)21-4-3-5-23(16-21)32-24(14-15-28(2)17-25(29)30)19-10-12-22(27)13-11-19/h3-13,16,24H,14-15,17H2,1-2H3,(H,29,30). The number of hydrogen-bond donors (Lipinski definition) is 1. The second kappa shape index (κ2) is 10.9. The van der Waals surface area contributed by atoms with Gasteiger partial charge in [0.2, 0.25) is 0 Å². The lowest BCUT2D eigenvalue weighted by atomic mass is 10.0. The molecule has 3 aromatic carbocycles. The quantitative estimate of drug-likeness (QED) is 0.418. The fraction of sp³-hybridized carbons (Fsp3) is 0.231. The maximum Gasteiger partial charge on any atom is 0.317 e. The summed E-state index contributed by atoms with van der Waals surface area (Å²) in [6.07, 6.45) is 0.245. The Labute approximate surface area is 193 Å². The van der Waals surface area contributed by atoms with Gasteiger partial charge in [0.05, 0.1) is 6.54 Å². The van der Waals surface area contributed by atoms with E-state index in [1.807, 2.05) is 49.4 Å². The molecule has 0 heterocycles. The van der Waals surface area contributed by atoms with Gasteiger partial charge >= 0.3 is 5.97 Å². The molecular weight excluding hydrogens is 426 g/mol. The number of carboxylic acid groups (broad SMARTS) is 1. The minimum atomic E-state index is -0.876. The van der Waals surface area contributed by atoms with E-state index in [2.05, 4.69) is 0 Å². The highest BCUT2D eigenvalue weighted by atomic mass is 35.5. The second-order valence-electron chi connectivity index (χ2n) is 7.80. The van der Waals surface area contributed by atoms with Crippen molar-refractivity contribution in [2.45, 2.75) is 19.4 Å². The van der Waals surface area contributed by atoms with Crippen LogP contribution in [0.15, 0.2) is 72.8 Å². The maximum absolute atomic E-state index is 12.9. The third-order valence-electron chi connectivity index (χ3n) is 5.11. The lowest BCUT2D eigenvalue weighted by Gasteiger charge is -2.23. The molecule has 0 aliphatic heterocycles. The van der Waals surface area contributed by atoms with Gasteiger partial charge in [0.15, 0.2) is 5.78 Å². The van der Waals surface area contributed by atoms with E-state index in [1.165, 1.54) is 0 Å². The van der Waals surface area contributed by atoms with Crippen molar-refractivity contribution in [1.29, 1.82) is 0 Å². The SMILES string of the molecule is Cc1ccc(C(=O)c2cccc(OC(CCN(C)CC(=O)O)c3ccc(Cl)cc3)c2)cc1. The Kier molecular flexibility index (Phi) is 8.03. The molecule has 1 unspecified atom stereocenters. The number of carbonyl (C=O) groups excluding carboxylic acids is 1. The molecule has 6 heteroatoms. The average Bonchev–Trinajstić information content (AvgIpc) is 2.77. The highest BCUT2D eigenvalue weighted by Crippen LogP contribution is 2.27. The van der Waals surface area contributed by atoms with E-state index in [9.17, 15) is 9.59 Å². The van der Waals surface area contributed by atoms with Crippen LogP contribution in [0.5, 0.6) is 5.75 Å². The minimum Gasteiger partial charge on any atom is -0.486 e. The van der Waals surface area contributed by atoms with Crippen LogP contribution in [-0.4, -0.2) is 41.9 Å². The van der Waals surface area contributed by atoms with Crippen LogP contribution in [0.1, 0.15) is 39.6 Å². The van der Waals surface area contributed by atoms with Crippen LogP contribution >= 0.6 is 11.6 Å². The molecule has 0 fully saturated rings. The molecular formula is C26H26ClNO4. The van der Waals surface area contributed by atoms with Crippen molar-refractivity contribution in [2.75, 3.05) is 20.1 Å². The van der Waals surface area contributed by atoms with Gasteiger partial charge in [0.1, 0.15) is 11.9 Å². The second-order valence-corrected chi connectivity index (χ2v) is 8.24. The van der Waals surface area contributed by atoms with Crippen molar-refractivity contribution in [3.63, 3.8) is 0 Å². The molecule has 5 nitrogen and oxygen atoms in total. The molecule has 0 saturated carbocycles. The van der Waals surface area contributed by atoms with Crippen molar-refractivity contribution in [2.24, 2.45) is 0 Å². The van der Waals surface area contributed by atoms with E-state index < -0.39 is 5.97 Å². The molecule has 1 N–H and O–H groups in total. The van der Waals surface area contributed by atoms with Gasteiger partial charge in [-0.05, 0) is 43.8 Å². The Balaban J connectivity index is 1.79. The summed E-state index contributed by atoms with van der Waals surface area (Å²) in [7, 11) is 1.76. The minimum absolute atomic E-state index is 0.0477. The summed E-state index contributed by atoms with van der Waals surface area (Å²) in [5.41, 5.74) is 3.19. The number of aliphatic carboxylic acids is 1. The van der Waals surface area contributed by atoms with Gasteiger partial charge in [-0.15, -0.1) is 0 Å². The van der Waals surface area contributed by atoms with Crippen LogP contribution in [0, 0.1) is 6.92 Å². The third kappa shape index (κ3) is 6.67. The number of likely N-dealkylation sites (N-methyl/N-ethyl adjacent to an activating group) is 1. The van der Waals surface area contributed by atoms with E-state index in [-0.39, 0.29) is 18.4 Å². The van der Waals surface area contributed by atoms with E-state index in [4.69, 9.17) is 21.4 Å². The number of rotatable bonds is 10. The number of halogens is 1. The number of hydrogen-bond acceptors (Lipinski definition) is 4. The van der Waals surface area contributed by atoms with Crippen LogP contribution in [0.2, 0.25) is 5.02 Å². The van der Waals surface area contributed by atoms with Crippen molar-refractivity contribution >= 4 is 23.4 Å². The first-order valence-corrected chi connectivity index (χ1v) is 10.7. The molecule has 0 aliphatic rings. The summed E-state index contributed by atoms with van der Waals surface area (Å²) in [4.78, 5) is 25.6. The first kappa shape index (κ1) is 23.5. The fourth-order valence-corrected chi connectivity index (χ4v) is 3.49. The number of nitrogens with zero attached hydrogens (tertiary/aromatic N) is 1. The summed E-state index contributed by atoms with van der Waals surface area (Å²) in [5.74, 6) is -0.373.